The molecule has 0 saturated carbocycles. The zero-order valence-corrected chi connectivity index (χ0v) is 16.6. The second-order valence-corrected chi connectivity index (χ2v) is 8.18. The molecule has 1 fully saturated rings. The van der Waals surface area contributed by atoms with Gasteiger partial charge in [-0.05, 0) is 62.5 Å². The number of aromatic nitrogens is 3. The molecule has 1 aliphatic heterocycles. The van der Waals surface area contributed by atoms with Crippen molar-refractivity contribution >= 4 is 21.9 Å². The molecule has 0 radical (unpaired) electrons. The Kier molecular flexibility index (Phi) is 5.06. The number of aromatic amines is 1. The summed E-state index contributed by atoms with van der Waals surface area (Å²) in [6, 6.07) is 13.2. The fourth-order valence-corrected chi connectivity index (χ4v) is 4.62. The van der Waals surface area contributed by atoms with Crippen LogP contribution in [0.4, 0.5) is 4.39 Å². The van der Waals surface area contributed by atoms with Gasteiger partial charge < -0.3 is 14.9 Å². The molecule has 4 aromatic rings. The van der Waals surface area contributed by atoms with Crippen LogP contribution in [0, 0.1) is 11.7 Å². The van der Waals surface area contributed by atoms with E-state index in [1.807, 2.05) is 0 Å². The smallest absolute Gasteiger partial charge is 0.139 e. The number of halogens is 1. The van der Waals surface area contributed by atoms with E-state index in [1.165, 1.54) is 68.2 Å². The van der Waals surface area contributed by atoms with Crippen LogP contribution < -0.4 is 5.32 Å². The molecular weight excluding hydrogens is 363 g/mol. The quantitative estimate of drug-likeness (QED) is 0.427. The van der Waals surface area contributed by atoms with Crippen LogP contribution >= 0.6 is 0 Å². The Morgan fingerprint density at radius 3 is 2.86 bits per heavy atom. The van der Waals surface area contributed by atoms with Crippen molar-refractivity contribution in [2.45, 2.75) is 38.6 Å². The van der Waals surface area contributed by atoms with Gasteiger partial charge in [0.15, 0.2) is 0 Å². The summed E-state index contributed by atoms with van der Waals surface area (Å²) in [5.74, 6) is 1.44. The molecule has 0 spiro atoms. The Morgan fingerprint density at radius 2 is 1.97 bits per heavy atom. The van der Waals surface area contributed by atoms with Crippen molar-refractivity contribution in [3.8, 4) is 11.4 Å². The summed E-state index contributed by atoms with van der Waals surface area (Å²) < 4.78 is 15.9. The molecule has 5 heteroatoms. The number of H-pyrrole nitrogens is 1. The van der Waals surface area contributed by atoms with Gasteiger partial charge in [0.05, 0.1) is 11.0 Å². The van der Waals surface area contributed by atoms with Gasteiger partial charge >= 0.3 is 0 Å². The van der Waals surface area contributed by atoms with Gasteiger partial charge in [-0.1, -0.05) is 25.0 Å². The number of hydrogen-bond acceptors (Lipinski definition) is 2. The Bertz CT molecular complexity index is 1120. The van der Waals surface area contributed by atoms with E-state index in [4.69, 9.17) is 0 Å². The van der Waals surface area contributed by atoms with Crippen LogP contribution in [0.5, 0.6) is 0 Å². The first-order chi connectivity index (χ1) is 14.3. The van der Waals surface area contributed by atoms with Gasteiger partial charge in [-0.25, -0.2) is 9.37 Å². The number of rotatable bonds is 6. The van der Waals surface area contributed by atoms with E-state index in [9.17, 15) is 4.39 Å². The number of unbranched alkanes of at least 4 members (excludes halogenated alkanes) is 1. The second-order valence-electron chi connectivity index (χ2n) is 8.18. The molecule has 2 N–H and O–H groups in total. The first-order valence-electron chi connectivity index (χ1n) is 10.7. The van der Waals surface area contributed by atoms with Crippen molar-refractivity contribution in [3.05, 3.63) is 54.5 Å². The molecule has 1 saturated heterocycles. The summed E-state index contributed by atoms with van der Waals surface area (Å²) in [5.41, 5.74) is 3.81. The predicted molar refractivity (Wildman–Crippen MR) is 116 cm³/mol. The Balaban J connectivity index is 1.33. The average Bonchev–Trinajstić information content (AvgIpc) is 3.35. The first kappa shape index (κ1) is 18.4. The fourth-order valence-electron chi connectivity index (χ4n) is 4.62. The third-order valence-corrected chi connectivity index (χ3v) is 6.23. The number of benzene rings is 2. The van der Waals surface area contributed by atoms with E-state index in [-0.39, 0.29) is 5.82 Å². The molecule has 0 bridgehead atoms. The molecule has 3 heterocycles. The molecule has 150 valence electrons. The lowest BCUT2D eigenvalue weighted by molar-refractivity contribution is 0.341. The monoisotopic (exact) mass is 390 g/mol. The Morgan fingerprint density at radius 1 is 1.07 bits per heavy atom. The maximum absolute atomic E-state index is 13.5. The molecule has 0 amide bonds. The maximum atomic E-state index is 13.5. The molecule has 29 heavy (non-hydrogen) atoms. The normalized spacial score (nSPS) is 15.5. The summed E-state index contributed by atoms with van der Waals surface area (Å²) in [4.78, 5) is 7.96. The van der Waals surface area contributed by atoms with Gasteiger partial charge in [-0.15, -0.1) is 0 Å². The van der Waals surface area contributed by atoms with Crippen molar-refractivity contribution in [2.75, 3.05) is 13.1 Å². The van der Waals surface area contributed by atoms with Crippen LogP contribution in [0.3, 0.4) is 0 Å². The standard InChI is InChI=1S/C24H27FN4/c25-18-7-8-21-22(16-18)28-24(27-21)20-5-3-6-23-19(20)11-15-29(23)14-2-1-4-17-9-12-26-13-10-17/h3,5-8,11,15-17,26H,1-2,4,9-10,12-14H2,(H,27,28). The lowest BCUT2D eigenvalue weighted by atomic mass is 9.92. The highest BCUT2D eigenvalue weighted by Crippen LogP contribution is 2.30. The number of nitrogens with zero attached hydrogens (tertiary/aromatic N) is 2. The van der Waals surface area contributed by atoms with E-state index in [1.54, 1.807) is 6.07 Å². The van der Waals surface area contributed by atoms with E-state index in [2.05, 4.69) is 50.3 Å². The minimum atomic E-state index is -0.260. The number of aryl methyl sites for hydroxylation is 1. The maximum Gasteiger partial charge on any atom is 0.139 e. The van der Waals surface area contributed by atoms with E-state index >= 15 is 0 Å². The lowest BCUT2D eigenvalue weighted by Crippen LogP contribution is -2.27. The van der Waals surface area contributed by atoms with Crippen molar-refractivity contribution < 1.29 is 4.39 Å². The number of imidazole rings is 1. The van der Waals surface area contributed by atoms with Gasteiger partial charge in [0.2, 0.25) is 0 Å². The first-order valence-corrected chi connectivity index (χ1v) is 10.7. The van der Waals surface area contributed by atoms with Crippen LogP contribution in [0.1, 0.15) is 32.1 Å². The summed E-state index contributed by atoms with van der Waals surface area (Å²) in [6.07, 6.45) is 8.69. The van der Waals surface area contributed by atoms with Crippen molar-refractivity contribution in [1.29, 1.82) is 0 Å². The molecule has 0 aliphatic carbocycles. The van der Waals surface area contributed by atoms with Crippen molar-refractivity contribution in [2.24, 2.45) is 5.92 Å². The lowest BCUT2D eigenvalue weighted by Gasteiger charge is -2.22. The van der Waals surface area contributed by atoms with E-state index in [0.29, 0.717) is 5.52 Å². The molecule has 4 nitrogen and oxygen atoms in total. The third kappa shape index (κ3) is 3.79. The summed E-state index contributed by atoms with van der Waals surface area (Å²) in [6.45, 7) is 3.41. The van der Waals surface area contributed by atoms with Gasteiger partial charge in [-0.3, -0.25) is 0 Å². The molecule has 0 atom stereocenters. The zero-order chi connectivity index (χ0) is 19.6. The molecular formula is C24H27FN4. The summed E-state index contributed by atoms with van der Waals surface area (Å²) in [5, 5.41) is 4.63. The minimum Gasteiger partial charge on any atom is -0.347 e. The fraction of sp³-hybridized carbons (Fsp3) is 0.375. The van der Waals surface area contributed by atoms with Crippen LogP contribution in [0.15, 0.2) is 48.7 Å². The Labute approximate surface area is 170 Å². The minimum absolute atomic E-state index is 0.260. The highest BCUT2D eigenvalue weighted by atomic mass is 19.1. The summed E-state index contributed by atoms with van der Waals surface area (Å²) in [7, 11) is 0. The van der Waals surface area contributed by atoms with Gasteiger partial charge in [0, 0.05) is 35.3 Å². The Hall–Kier alpha value is -2.66. The number of hydrogen-bond donors (Lipinski definition) is 2. The third-order valence-electron chi connectivity index (χ3n) is 6.23. The molecule has 0 unspecified atom stereocenters. The molecule has 1 aliphatic rings. The molecule has 2 aromatic carbocycles. The van der Waals surface area contributed by atoms with Crippen LogP contribution in [0.2, 0.25) is 0 Å². The largest absolute Gasteiger partial charge is 0.347 e. The van der Waals surface area contributed by atoms with Gasteiger partial charge in [-0.2, -0.15) is 0 Å². The number of fused-ring (bicyclic) bond motifs is 2. The second kappa shape index (κ2) is 7.99. The van der Waals surface area contributed by atoms with Crippen molar-refractivity contribution in [3.63, 3.8) is 0 Å². The van der Waals surface area contributed by atoms with Gasteiger partial charge in [0.1, 0.15) is 11.6 Å². The number of nitrogens with one attached hydrogen (secondary N) is 2. The zero-order valence-electron chi connectivity index (χ0n) is 16.6. The highest BCUT2D eigenvalue weighted by molar-refractivity contribution is 5.95. The van der Waals surface area contributed by atoms with Crippen LogP contribution in [-0.2, 0) is 6.54 Å². The predicted octanol–water partition coefficient (Wildman–Crippen LogP) is 5.49. The average molecular weight is 391 g/mol. The van der Waals surface area contributed by atoms with E-state index in [0.717, 1.165) is 29.4 Å². The van der Waals surface area contributed by atoms with Crippen LogP contribution in [-0.4, -0.2) is 27.6 Å². The molecule has 5 rings (SSSR count). The van der Waals surface area contributed by atoms with Crippen molar-refractivity contribution in [1.82, 2.24) is 19.9 Å². The molecule has 2 aromatic heterocycles. The highest BCUT2D eigenvalue weighted by Gasteiger charge is 2.13. The number of piperidine rings is 1. The SMILES string of the molecule is Fc1ccc2[nH]c(-c3cccc4c3ccn4CCCCC3CCNCC3)nc2c1. The van der Waals surface area contributed by atoms with E-state index < -0.39 is 0 Å². The topological polar surface area (TPSA) is 45.6 Å². The van der Waals surface area contributed by atoms with Crippen LogP contribution in [0.25, 0.3) is 33.3 Å². The van der Waals surface area contributed by atoms with Gasteiger partial charge in [0.25, 0.3) is 0 Å². The summed E-state index contributed by atoms with van der Waals surface area (Å²) >= 11 is 0.